The molecule has 0 saturated carbocycles. The Morgan fingerprint density at radius 3 is 2.62 bits per heavy atom. The molecule has 2 aromatic rings. The van der Waals surface area contributed by atoms with Gasteiger partial charge in [0.15, 0.2) is 0 Å². The Morgan fingerprint density at radius 1 is 1.19 bits per heavy atom. The lowest BCUT2D eigenvalue weighted by Crippen LogP contribution is -2.26. The number of aryl methyl sites for hydroxylation is 2. The summed E-state index contributed by atoms with van der Waals surface area (Å²) in [6, 6.07) is 10.3. The maximum absolute atomic E-state index is 13.0. The van der Waals surface area contributed by atoms with Crippen LogP contribution >= 0.6 is 15.9 Å². The predicted molar refractivity (Wildman–Crippen MR) is 86.1 cm³/mol. The van der Waals surface area contributed by atoms with Crippen LogP contribution in [0.1, 0.15) is 27.0 Å². The quantitative estimate of drug-likeness (QED) is 0.881. The van der Waals surface area contributed by atoms with Gasteiger partial charge in [-0.25, -0.2) is 4.39 Å². The highest BCUT2D eigenvalue weighted by atomic mass is 79.9. The number of benzene rings is 2. The zero-order valence-electron chi connectivity index (χ0n) is 12.0. The van der Waals surface area contributed by atoms with Gasteiger partial charge in [0.25, 0.3) is 5.91 Å². The molecule has 0 aliphatic carbocycles. The Kier molecular flexibility index (Phi) is 5.12. The van der Waals surface area contributed by atoms with E-state index in [1.54, 1.807) is 12.1 Å². The zero-order valence-corrected chi connectivity index (χ0v) is 13.6. The van der Waals surface area contributed by atoms with Crippen LogP contribution in [-0.4, -0.2) is 12.5 Å². The average Bonchev–Trinajstić information content (AvgIpc) is 2.40. The van der Waals surface area contributed by atoms with Crippen LogP contribution in [-0.2, 0) is 6.42 Å². The first-order chi connectivity index (χ1) is 9.95. The Balaban J connectivity index is 1.95. The highest BCUT2D eigenvalue weighted by molar-refractivity contribution is 9.10. The molecule has 0 saturated heterocycles. The molecular formula is C17H17BrFNO. The van der Waals surface area contributed by atoms with Gasteiger partial charge in [-0.05, 0) is 67.3 Å². The molecule has 1 N–H and O–H groups in total. The van der Waals surface area contributed by atoms with Crippen molar-refractivity contribution in [3.8, 4) is 0 Å². The number of carbonyl (C=O) groups excluding carboxylic acids is 1. The summed E-state index contributed by atoms with van der Waals surface area (Å²) in [6.07, 6.45) is 0.685. The molecule has 1 amide bonds. The van der Waals surface area contributed by atoms with Gasteiger partial charge >= 0.3 is 0 Å². The van der Waals surface area contributed by atoms with Gasteiger partial charge in [0.2, 0.25) is 0 Å². The van der Waals surface area contributed by atoms with E-state index in [1.165, 1.54) is 12.1 Å². The van der Waals surface area contributed by atoms with Gasteiger partial charge in [0.05, 0.1) is 0 Å². The monoisotopic (exact) mass is 349 g/mol. The van der Waals surface area contributed by atoms with Crippen LogP contribution < -0.4 is 5.32 Å². The Morgan fingerprint density at radius 2 is 1.95 bits per heavy atom. The van der Waals surface area contributed by atoms with Crippen LogP contribution in [0.3, 0.4) is 0 Å². The van der Waals surface area contributed by atoms with Crippen molar-refractivity contribution in [3.63, 3.8) is 0 Å². The smallest absolute Gasteiger partial charge is 0.251 e. The SMILES string of the molecule is Cc1cc(Br)cc(C(=O)NCCc2ccc(F)cc2C)c1. The summed E-state index contributed by atoms with van der Waals surface area (Å²) in [5.74, 6) is -0.330. The molecule has 2 aromatic carbocycles. The second-order valence-corrected chi connectivity index (χ2v) is 6.01. The third kappa shape index (κ3) is 4.39. The molecule has 0 heterocycles. The van der Waals surface area contributed by atoms with E-state index in [4.69, 9.17) is 0 Å². The van der Waals surface area contributed by atoms with Crippen LogP contribution in [0.15, 0.2) is 40.9 Å². The van der Waals surface area contributed by atoms with Crippen molar-refractivity contribution in [3.05, 3.63) is 68.9 Å². The van der Waals surface area contributed by atoms with E-state index in [2.05, 4.69) is 21.2 Å². The number of amides is 1. The van der Waals surface area contributed by atoms with E-state index in [0.717, 1.165) is 21.2 Å². The first-order valence-electron chi connectivity index (χ1n) is 6.76. The molecule has 0 aromatic heterocycles. The lowest BCUT2D eigenvalue weighted by Gasteiger charge is -2.08. The van der Waals surface area contributed by atoms with Crippen molar-refractivity contribution in [2.75, 3.05) is 6.54 Å². The van der Waals surface area contributed by atoms with Crippen LogP contribution in [0, 0.1) is 19.7 Å². The first kappa shape index (κ1) is 15.7. The Labute approximate surface area is 132 Å². The van der Waals surface area contributed by atoms with Crippen LogP contribution in [0.2, 0.25) is 0 Å². The lowest BCUT2D eigenvalue weighted by atomic mass is 10.1. The summed E-state index contributed by atoms with van der Waals surface area (Å²) in [5.41, 5.74) is 3.62. The molecule has 0 spiro atoms. The maximum atomic E-state index is 13.0. The molecule has 0 radical (unpaired) electrons. The summed E-state index contributed by atoms with van der Waals surface area (Å²) in [6.45, 7) is 4.35. The van der Waals surface area contributed by atoms with Crippen LogP contribution in [0.5, 0.6) is 0 Å². The van der Waals surface area contributed by atoms with Crippen molar-refractivity contribution >= 4 is 21.8 Å². The molecule has 0 fully saturated rings. The van der Waals surface area contributed by atoms with E-state index in [0.29, 0.717) is 18.5 Å². The summed E-state index contributed by atoms with van der Waals surface area (Å²) >= 11 is 3.39. The van der Waals surface area contributed by atoms with E-state index in [1.807, 2.05) is 26.0 Å². The van der Waals surface area contributed by atoms with Gasteiger partial charge < -0.3 is 5.32 Å². The molecule has 0 atom stereocenters. The number of nitrogens with one attached hydrogen (secondary N) is 1. The van der Waals surface area contributed by atoms with Crippen molar-refractivity contribution in [2.45, 2.75) is 20.3 Å². The lowest BCUT2D eigenvalue weighted by molar-refractivity contribution is 0.0954. The zero-order chi connectivity index (χ0) is 15.4. The first-order valence-corrected chi connectivity index (χ1v) is 7.55. The minimum Gasteiger partial charge on any atom is -0.352 e. The van der Waals surface area contributed by atoms with Crippen LogP contribution in [0.25, 0.3) is 0 Å². The van der Waals surface area contributed by atoms with Gasteiger partial charge in [0, 0.05) is 16.6 Å². The summed E-state index contributed by atoms with van der Waals surface area (Å²) in [5, 5.41) is 2.89. The number of carbonyl (C=O) groups is 1. The van der Waals surface area contributed by atoms with E-state index >= 15 is 0 Å². The summed E-state index contributed by atoms with van der Waals surface area (Å²) in [7, 11) is 0. The number of rotatable bonds is 4. The number of hydrogen-bond donors (Lipinski definition) is 1. The minimum atomic E-state index is -0.232. The molecular weight excluding hydrogens is 333 g/mol. The minimum absolute atomic E-state index is 0.0980. The fourth-order valence-corrected chi connectivity index (χ4v) is 2.83. The van der Waals surface area contributed by atoms with Gasteiger partial charge in [0.1, 0.15) is 5.82 Å². The second-order valence-electron chi connectivity index (χ2n) is 5.09. The fourth-order valence-electron chi connectivity index (χ4n) is 2.22. The van der Waals surface area contributed by atoms with E-state index in [9.17, 15) is 9.18 Å². The third-order valence-corrected chi connectivity index (χ3v) is 3.75. The fraction of sp³-hybridized carbons (Fsp3) is 0.235. The summed E-state index contributed by atoms with van der Waals surface area (Å²) in [4.78, 5) is 12.1. The Bertz CT molecular complexity index is 650. The van der Waals surface area contributed by atoms with Crippen LogP contribution in [0.4, 0.5) is 4.39 Å². The standard InChI is InChI=1S/C17H17BrFNO/c1-11-7-14(10-15(18)8-11)17(21)20-6-5-13-3-4-16(19)9-12(13)2/h3-4,7-10H,5-6H2,1-2H3,(H,20,21). The highest BCUT2D eigenvalue weighted by Gasteiger charge is 2.07. The number of halogens is 2. The Hall–Kier alpha value is -1.68. The molecule has 4 heteroatoms. The predicted octanol–water partition coefficient (Wildman–Crippen LogP) is 4.18. The molecule has 21 heavy (non-hydrogen) atoms. The largest absolute Gasteiger partial charge is 0.352 e. The van der Waals surface area contributed by atoms with E-state index in [-0.39, 0.29) is 11.7 Å². The maximum Gasteiger partial charge on any atom is 0.251 e. The van der Waals surface area contributed by atoms with Gasteiger partial charge in [-0.3, -0.25) is 4.79 Å². The molecule has 0 aliphatic rings. The second kappa shape index (κ2) is 6.85. The average molecular weight is 350 g/mol. The van der Waals surface area contributed by atoms with Crippen molar-refractivity contribution < 1.29 is 9.18 Å². The van der Waals surface area contributed by atoms with Crippen molar-refractivity contribution in [1.29, 1.82) is 0 Å². The molecule has 0 bridgehead atoms. The topological polar surface area (TPSA) is 29.1 Å². The molecule has 2 rings (SSSR count). The summed E-state index contributed by atoms with van der Waals surface area (Å²) < 4.78 is 13.9. The van der Waals surface area contributed by atoms with Gasteiger partial charge in [-0.1, -0.05) is 22.0 Å². The molecule has 0 aliphatic heterocycles. The highest BCUT2D eigenvalue weighted by Crippen LogP contribution is 2.15. The molecule has 0 unspecified atom stereocenters. The van der Waals surface area contributed by atoms with Gasteiger partial charge in [-0.15, -0.1) is 0 Å². The molecule has 2 nitrogen and oxygen atoms in total. The molecule has 110 valence electrons. The van der Waals surface area contributed by atoms with Gasteiger partial charge in [-0.2, -0.15) is 0 Å². The van der Waals surface area contributed by atoms with E-state index < -0.39 is 0 Å². The van der Waals surface area contributed by atoms with Crippen molar-refractivity contribution in [2.24, 2.45) is 0 Å². The van der Waals surface area contributed by atoms with Crippen molar-refractivity contribution in [1.82, 2.24) is 5.32 Å². The number of hydrogen-bond acceptors (Lipinski definition) is 1. The normalized spacial score (nSPS) is 10.5. The third-order valence-electron chi connectivity index (χ3n) is 3.29.